The lowest BCUT2D eigenvalue weighted by atomic mass is 9.84. The second-order valence-corrected chi connectivity index (χ2v) is 10.9. The van der Waals surface area contributed by atoms with Crippen molar-refractivity contribution in [2.24, 2.45) is 0 Å². The number of benzene rings is 1. The summed E-state index contributed by atoms with van der Waals surface area (Å²) in [4.78, 5) is 15.6. The number of fused-ring (bicyclic) bond motifs is 1. The highest BCUT2D eigenvalue weighted by molar-refractivity contribution is 8.00. The molecular weight excluding hydrogens is 414 g/mol. The molecule has 0 amide bonds. The Hall–Kier alpha value is -1.26. The van der Waals surface area contributed by atoms with E-state index >= 15 is 0 Å². The molecule has 1 aromatic carbocycles. The van der Waals surface area contributed by atoms with E-state index in [1.165, 1.54) is 69.6 Å². The van der Waals surface area contributed by atoms with E-state index in [9.17, 15) is 4.79 Å². The molecule has 0 radical (unpaired) electrons. The molecule has 2 aliphatic rings. The van der Waals surface area contributed by atoms with E-state index < -0.39 is 0 Å². The highest BCUT2D eigenvalue weighted by atomic mass is 32.2. The molecule has 2 aliphatic heterocycles. The number of ether oxygens (including phenoxy) is 1. The predicted octanol–water partition coefficient (Wildman–Crippen LogP) is 7.40. The van der Waals surface area contributed by atoms with Gasteiger partial charge in [0.15, 0.2) is 0 Å². The lowest BCUT2D eigenvalue weighted by Gasteiger charge is -2.50. The normalized spacial score (nSPS) is 27.2. The van der Waals surface area contributed by atoms with Gasteiger partial charge in [0.05, 0.1) is 0 Å². The highest BCUT2D eigenvalue weighted by Crippen LogP contribution is 2.36. The minimum Gasteiger partial charge on any atom is -0.461 e. The molecule has 1 aromatic rings. The fraction of sp³-hybridized carbons (Fsp3) is 0.679. The largest absolute Gasteiger partial charge is 0.461 e. The van der Waals surface area contributed by atoms with E-state index in [4.69, 9.17) is 4.74 Å². The molecule has 4 heteroatoms. The Morgan fingerprint density at radius 1 is 1.12 bits per heavy atom. The fourth-order valence-electron chi connectivity index (χ4n) is 5.49. The van der Waals surface area contributed by atoms with Crippen LogP contribution in [0.3, 0.4) is 0 Å². The van der Waals surface area contributed by atoms with E-state index in [2.05, 4.69) is 61.2 Å². The number of thioether (sulfide) groups is 1. The molecular formula is C28H43NO2S. The van der Waals surface area contributed by atoms with E-state index in [1.54, 1.807) is 0 Å². The Bertz CT molecular complexity index is 707. The van der Waals surface area contributed by atoms with Gasteiger partial charge < -0.3 is 4.74 Å². The number of esters is 1. The van der Waals surface area contributed by atoms with Crippen LogP contribution in [0, 0.1) is 0 Å². The lowest BCUT2D eigenvalue weighted by molar-refractivity contribution is -0.155. The maximum atomic E-state index is 11.6. The summed E-state index contributed by atoms with van der Waals surface area (Å²) < 4.78 is 5.68. The summed E-state index contributed by atoms with van der Waals surface area (Å²) in [6.07, 6.45) is 18.8. The standard InChI is InChI=1S/C28H43NO2S/c1-4-5-6-7-9-17-27(32-26-15-10-8-11-16-26)20-18-24-13-12-14-25-19-21-28(31-23(3)30)22(2)29(24)25/h8,10-11,15-16,18,20,22,24-25,27-28H,4-7,9,12-14,17,19,21H2,1-3H3/b20-18+/t22-,24-,25-,27+,28+/m0/s1. The molecule has 0 unspecified atom stereocenters. The maximum Gasteiger partial charge on any atom is 0.302 e. The molecule has 178 valence electrons. The van der Waals surface area contributed by atoms with Crippen LogP contribution in [0.5, 0.6) is 0 Å². The van der Waals surface area contributed by atoms with Gasteiger partial charge in [-0.15, -0.1) is 11.8 Å². The average Bonchev–Trinajstić information content (AvgIpc) is 2.79. The molecule has 0 saturated carbocycles. The van der Waals surface area contributed by atoms with Gasteiger partial charge in [-0.25, -0.2) is 0 Å². The van der Waals surface area contributed by atoms with Gasteiger partial charge in [-0.3, -0.25) is 9.69 Å². The predicted molar refractivity (Wildman–Crippen MR) is 136 cm³/mol. The van der Waals surface area contributed by atoms with Crippen molar-refractivity contribution in [2.45, 2.75) is 126 Å². The minimum atomic E-state index is -0.146. The van der Waals surface area contributed by atoms with Gasteiger partial charge in [-0.2, -0.15) is 0 Å². The fourth-order valence-corrected chi connectivity index (χ4v) is 6.60. The van der Waals surface area contributed by atoms with Crippen LogP contribution in [0.4, 0.5) is 0 Å². The van der Waals surface area contributed by atoms with E-state index in [0.717, 1.165) is 12.8 Å². The van der Waals surface area contributed by atoms with Crippen molar-refractivity contribution >= 4 is 17.7 Å². The molecule has 2 heterocycles. The summed E-state index contributed by atoms with van der Waals surface area (Å²) in [6.45, 7) is 6.08. The van der Waals surface area contributed by atoms with Gasteiger partial charge in [0, 0.05) is 35.2 Å². The molecule has 0 spiro atoms. The van der Waals surface area contributed by atoms with Gasteiger partial charge in [0.2, 0.25) is 0 Å². The summed E-state index contributed by atoms with van der Waals surface area (Å²) in [5.74, 6) is -0.146. The molecule has 3 nitrogen and oxygen atoms in total. The van der Waals surface area contributed by atoms with Crippen molar-refractivity contribution in [3.8, 4) is 0 Å². The van der Waals surface area contributed by atoms with Gasteiger partial charge >= 0.3 is 5.97 Å². The number of piperidine rings is 2. The van der Waals surface area contributed by atoms with Gasteiger partial charge in [-0.05, 0) is 51.2 Å². The number of unbranched alkanes of at least 4 members (excludes halogenated alkanes) is 4. The molecule has 32 heavy (non-hydrogen) atoms. The van der Waals surface area contributed by atoms with Gasteiger partial charge in [-0.1, -0.05) is 75.8 Å². The molecule has 2 saturated heterocycles. The van der Waals surface area contributed by atoms with Crippen molar-refractivity contribution in [1.82, 2.24) is 4.90 Å². The van der Waals surface area contributed by atoms with Crippen LogP contribution in [0.2, 0.25) is 0 Å². The van der Waals surface area contributed by atoms with Crippen LogP contribution in [0.25, 0.3) is 0 Å². The quantitative estimate of drug-likeness (QED) is 0.150. The SMILES string of the molecule is CCCCCCC[C@H](/C=C/[C@@H]1CCC[C@H]2CC[C@@H](OC(C)=O)[C@H](C)N21)Sc1ccccc1. The van der Waals surface area contributed by atoms with Crippen LogP contribution >= 0.6 is 11.8 Å². The van der Waals surface area contributed by atoms with Crippen LogP contribution in [0.1, 0.15) is 91.4 Å². The van der Waals surface area contributed by atoms with Crippen molar-refractivity contribution in [2.75, 3.05) is 0 Å². The monoisotopic (exact) mass is 457 g/mol. The zero-order valence-electron chi connectivity index (χ0n) is 20.4. The van der Waals surface area contributed by atoms with Gasteiger partial charge in [0.25, 0.3) is 0 Å². The Labute approximate surface area is 200 Å². The van der Waals surface area contributed by atoms with Crippen molar-refractivity contribution in [3.63, 3.8) is 0 Å². The van der Waals surface area contributed by atoms with E-state index in [-0.39, 0.29) is 12.1 Å². The summed E-state index contributed by atoms with van der Waals surface area (Å²) in [5.41, 5.74) is 0. The van der Waals surface area contributed by atoms with Gasteiger partial charge in [0.1, 0.15) is 6.10 Å². The first kappa shape index (κ1) is 25.4. The summed E-state index contributed by atoms with van der Waals surface area (Å²) >= 11 is 2.01. The summed E-state index contributed by atoms with van der Waals surface area (Å²) in [6, 6.07) is 12.2. The first-order valence-corrected chi connectivity index (χ1v) is 13.8. The molecule has 2 fully saturated rings. The smallest absolute Gasteiger partial charge is 0.302 e. The second kappa shape index (κ2) is 13.4. The Kier molecular flexibility index (Phi) is 10.7. The second-order valence-electron chi connectivity index (χ2n) is 9.62. The van der Waals surface area contributed by atoms with Crippen LogP contribution in [-0.2, 0) is 9.53 Å². The van der Waals surface area contributed by atoms with E-state index in [1.807, 2.05) is 11.8 Å². The zero-order chi connectivity index (χ0) is 22.8. The number of carbonyl (C=O) groups is 1. The number of carbonyl (C=O) groups excluding carboxylic acids is 1. The first-order valence-electron chi connectivity index (χ1n) is 12.9. The third-order valence-electron chi connectivity index (χ3n) is 7.12. The first-order chi connectivity index (χ1) is 15.6. The lowest BCUT2D eigenvalue weighted by Crippen LogP contribution is -2.58. The third-order valence-corrected chi connectivity index (χ3v) is 8.36. The Morgan fingerprint density at radius 3 is 2.66 bits per heavy atom. The van der Waals surface area contributed by atoms with Crippen molar-refractivity contribution < 1.29 is 9.53 Å². The molecule has 0 aromatic heterocycles. The number of hydrogen-bond acceptors (Lipinski definition) is 4. The van der Waals surface area contributed by atoms with Crippen molar-refractivity contribution in [1.29, 1.82) is 0 Å². The topological polar surface area (TPSA) is 29.5 Å². The average molecular weight is 458 g/mol. The molecule has 0 bridgehead atoms. The number of hydrogen-bond donors (Lipinski definition) is 0. The zero-order valence-corrected chi connectivity index (χ0v) is 21.2. The van der Waals surface area contributed by atoms with E-state index in [0.29, 0.717) is 23.4 Å². The highest BCUT2D eigenvalue weighted by Gasteiger charge is 2.41. The molecule has 0 N–H and O–H groups in total. The number of rotatable bonds is 11. The summed E-state index contributed by atoms with van der Waals surface area (Å²) in [5, 5.41) is 0.517. The van der Waals surface area contributed by atoms with Crippen LogP contribution in [-0.4, -0.2) is 40.3 Å². The molecule has 5 atom stereocenters. The Morgan fingerprint density at radius 2 is 1.91 bits per heavy atom. The van der Waals surface area contributed by atoms with Crippen LogP contribution < -0.4 is 0 Å². The minimum absolute atomic E-state index is 0.0332. The van der Waals surface area contributed by atoms with Crippen molar-refractivity contribution in [3.05, 3.63) is 42.5 Å². The van der Waals surface area contributed by atoms with Crippen LogP contribution in [0.15, 0.2) is 47.4 Å². The maximum absolute atomic E-state index is 11.6. The molecule has 3 rings (SSSR count). The Balaban J connectivity index is 1.66. The summed E-state index contributed by atoms with van der Waals surface area (Å²) in [7, 11) is 0. The molecule has 0 aliphatic carbocycles. The number of nitrogens with zero attached hydrogens (tertiary/aromatic N) is 1. The third kappa shape index (κ3) is 7.66.